The molecule has 2 N–H and O–H groups in total. The van der Waals surface area contributed by atoms with Crippen molar-refractivity contribution in [1.29, 1.82) is 0 Å². The minimum atomic E-state index is -0.604. The second-order valence-electron chi connectivity index (χ2n) is 2.82. The summed E-state index contributed by atoms with van der Waals surface area (Å²) in [6.07, 6.45) is 0. The monoisotopic (exact) mass is 101 g/mol. The van der Waals surface area contributed by atoms with Gasteiger partial charge in [0.1, 0.15) is 5.72 Å². The highest BCUT2D eigenvalue weighted by Crippen LogP contribution is 2.33. The third-order valence-corrected chi connectivity index (χ3v) is 1.71. The molecule has 7 heavy (non-hydrogen) atoms. The molecule has 0 saturated carbocycles. The summed E-state index contributed by atoms with van der Waals surface area (Å²) in [6.45, 7) is 5.70. The van der Waals surface area contributed by atoms with E-state index in [2.05, 4.69) is 5.32 Å². The first kappa shape index (κ1) is 5.06. The summed E-state index contributed by atoms with van der Waals surface area (Å²) in [5.74, 6) is 0. The Bertz CT molecular complexity index is 84.3. The van der Waals surface area contributed by atoms with Crippen LogP contribution in [-0.2, 0) is 0 Å². The zero-order valence-corrected chi connectivity index (χ0v) is 4.95. The Morgan fingerprint density at radius 3 is 1.43 bits per heavy atom. The maximum absolute atomic E-state index is 9.05. The van der Waals surface area contributed by atoms with E-state index in [1.54, 1.807) is 6.92 Å². The van der Waals surface area contributed by atoms with Crippen molar-refractivity contribution in [1.82, 2.24) is 5.32 Å². The van der Waals surface area contributed by atoms with E-state index in [4.69, 9.17) is 5.11 Å². The second-order valence-corrected chi connectivity index (χ2v) is 2.82. The van der Waals surface area contributed by atoms with E-state index in [-0.39, 0.29) is 5.54 Å². The van der Waals surface area contributed by atoms with E-state index >= 15 is 0 Å². The summed E-state index contributed by atoms with van der Waals surface area (Å²) in [4.78, 5) is 0. The molecule has 0 radical (unpaired) electrons. The van der Waals surface area contributed by atoms with Gasteiger partial charge in [-0.1, -0.05) is 0 Å². The lowest BCUT2D eigenvalue weighted by Gasteiger charge is -1.98. The fourth-order valence-corrected chi connectivity index (χ4v) is 0.577. The van der Waals surface area contributed by atoms with Crippen molar-refractivity contribution in [3.63, 3.8) is 0 Å². The van der Waals surface area contributed by atoms with E-state index in [0.29, 0.717) is 0 Å². The summed E-state index contributed by atoms with van der Waals surface area (Å²) >= 11 is 0. The van der Waals surface area contributed by atoms with Crippen LogP contribution in [0.2, 0.25) is 0 Å². The van der Waals surface area contributed by atoms with E-state index in [1.165, 1.54) is 0 Å². The second kappa shape index (κ2) is 0.858. The van der Waals surface area contributed by atoms with Gasteiger partial charge in [0.25, 0.3) is 0 Å². The average Bonchev–Trinajstić information content (AvgIpc) is 1.63. The highest BCUT2D eigenvalue weighted by Gasteiger charge is 2.55. The molecule has 1 aliphatic rings. The molecule has 0 aliphatic carbocycles. The zero-order chi connectivity index (χ0) is 5.71. The van der Waals surface area contributed by atoms with Crippen molar-refractivity contribution in [2.45, 2.75) is 32.0 Å². The highest BCUT2D eigenvalue weighted by atomic mass is 16.3. The van der Waals surface area contributed by atoms with Crippen LogP contribution in [0.4, 0.5) is 0 Å². The number of aliphatic hydroxyl groups is 1. The normalized spacial score (nSPS) is 46.3. The summed E-state index contributed by atoms with van der Waals surface area (Å²) in [5, 5.41) is 12.0. The van der Waals surface area contributed by atoms with Gasteiger partial charge in [-0.3, -0.25) is 5.32 Å². The molecule has 1 unspecified atom stereocenters. The Morgan fingerprint density at radius 1 is 1.29 bits per heavy atom. The molecule has 0 aromatic heterocycles. The smallest absolute Gasteiger partial charge is 0.131 e. The highest BCUT2D eigenvalue weighted by molar-refractivity contribution is 5.11. The van der Waals surface area contributed by atoms with E-state index in [9.17, 15) is 0 Å². The summed E-state index contributed by atoms with van der Waals surface area (Å²) in [6, 6.07) is 0. The van der Waals surface area contributed by atoms with E-state index in [0.717, 1.165) is 0 Å². The summed E-state index contributed by atoms with van der Waals surface area (Å²) in [5.41, 5.74) is -0.653. The quantitative estimate of drug-likeness (QED) is 0.424. The topological polar surface area (TPSA) is 42.2 Å². The molecule has 2 heteroatoms. The molecule has 0 aromatic rings. The van der Waals surface area contributed by atoms with Crippen molar-refractivity contribution < 1.29 is 5.11 Å². The number of hydrogen-bond donors (Lipinski definition) is 2. The molecular weight excluding hydrogens is 90.1 g/mol. The van der Waals surface area contributed by atoms with Gasteiger partial charge in [-0.15, -0.1) is 0 Å². The molecule has 1 rings (SSSR count). The molecule has 1 aliphatic heterocycles. The average molecular weight is 101 g/mol. The van der Waals surface area contributed by atoms with E-state index in [1.807, 2.05) is 13.8 Å². The molecule has 1 fully saturated rings. The summed E-state index contributed by atoms with van der Waals surface area (Å²) in [7, 11) is 0. The molecule has 1 saturated heterocycles. The van der Waals surface area contributed by atoms with Gasteiger partial charge in [0, 0.05) is 0 Å². The molecule has 2 nitrogen and oxygen atoms in total. The largest absolute Gasteiger partial charge is 0.374 e. The maximum atomic E-state index is 9.05. The SMILES string of the molecule is CC1(C)NC1(C)O. The number of rotatable bonds is 0. The van der Waals surface area contributed by atoms with Crippen LogP contribution in [0.5, 0.6) is 0 Å². The fourth-order valence-electron chi connectivity index (χ4n) is 0.577. The van der Waals surface area contributed by atoms with Gasteiger partial charge in [0.05, 0.1) is 5.54 Å². The molecule has 1 atom stereocenters. The van der Waals surface area contributed by atoms with Crippen LogP contribution < -0.4 is 5.32 Å². The Morgan fingerprint density at radius 2 is 1.43 bits per heavy atom. The fraction of sp³-hybridized carbons (Fsp3) is 1.00. The lowest BCUT2D eigenvalue weighted by molar-refractivity contribution is 0.143. The molecule has 0 bridgehead atoms. The number of hydrogen-bond acceptors (Lipinski definition) is 2. The molecule has 0 spiro atoms. The van der Waals surface area contributed by atoms with Crippen molar-refractivity contribution in [2.75, 3.05) is 0 Å². The van der Waals surface area contributed by atoms with Crippen LogP contribution in [0.1, 0.15) is 20.8 Å². The van der Waals surface area contributed by atoms with Crippen molar-refractivity contribution in [3.05, 3.63) is 0 Å². The van der Waals surface area contributed by atoms with Crippen molar-refractivity contribution >= 4 is 0 Å². The van der Waals surface area contributed by atoms with Crippen LogP contribution in [0.15, 0.2) is 0 Å². The van der Waals surface area contributed by atoms with Crippen molar-refractivity contribution in [2.24, 2.45) is 0 Å². The lowest BCUT2D eigenvalue weighted by Crippen LogP contribution is -2.14. The zero-order valence-electron chi connectivity index (χ0n) is 4.95. The predicted octanol–water partition coefficient (Wildman–Crippen LogP) is 0.0767. The van der Waals surface area contributed by atoms with Gasteiger partial charge in [0.2, 0.25) is 0 Å². The standard InChI is InChI=1S/C5H11NO/c1-4(2)5(3,7)6-4/h6-7H,1-3H3. The minimum Gasteiger partial charge on any atom is -0.374 e. The molecule has 42 valence electrons. The molecule has 0 aromatic carbocycles. The van der Waals surface area contributed by atoms with Gasteiger partial charge in [-0.25, -0.2) is 0 Å². The first-order chi connectivity index (χ1) is 2.96. The predicted molar refractivity (Wildman–Crippen MR) is 27.8 cm³/mol. The van der Waals surface area contributed by atoms with Gasteiger partial charge in [-0.2, -0.15) is 0 Å². The van der Waals surface area contributed by atoms with Crippen molar-refractivity contribution in [3.8, 4) is 0 Å². The van der Waals surface area contributed by atoms with Crippen LogP contribution in [0.3, 0.4) is 0 Å². The Hall–Kier alpha value is -0.0800. The molecule has 1 heterocycles. The molecular formula is C5H11NO. The van der Waals surface area contributed by atoms with Crippen LogP contribution in [0.25, 0.3) is 0 Å². The van der Waals surface area contributed by atoms with Gasteiger partial charge >= 0.3 is 0 Å². The minimum absolute atomic E-state index is 0.0486. The van der Waals surface area contributed by atoms with Crippen LogP contribution in [0, 0.1) is 0 Å². The third-order valence-electron chi connectivity index (χ3n) is 1.71. The molecule has 0 amide bonds. The first-order valence-electron chi connectivity index (χ1n) is 2.47. The van der Waals surface area contributed by atoms with Crippen LogP contribution in [-0.4, -0.2) is 16.4 Å². The van der Waals surface area contributed by atoms with Gasteiger partial charge in [0.15, 0.2) is 0 Å². The Balaban J connectivity index is 2.59. The Kier molecular flexibility index (Phi) is 0.621. The summed E-state index contributed by atoms with van der Waals surface area (Å²) < 4.78 is 0. The lowest BCUT2D eigenvalue weighted by atomic mass is 10.1. The maximum Gasteiger partial charge on any atom is 0.131 e. The Labute approximate surface area is 43.5 Å². The number of nitrogens with one attached hydrogen (secondary N) is 1. The third kappa shape index (κ3) is 0.545. The van der Waals surface area contributed by atoms with Gasteiger partial charge < -0.3 is 5.11 Å². The van der Waals surface area contributed by atoms with Gasteiger partial charge in [-0.05, 0) is 20.8 Å². The first-order valence-corrected chi connectivity index (χ1v) is 2.47. The van der Waals surface area contributed by atoms with E-state index < -0.39 is 5.72 Å². The van der Waals surface area contributed by atoms with Crippen LogP contribution >= 0.6 is 0 Å².